The van der Waals surface area contributed by atoms with Gasteiger partial charge in [0.25, 0.3) is 5.69 Å². The van der Waals surface area contributed by atoms with Gasteiger partial charge in [-0.25, -0.2) is 8.78 Å². The summed E-state index contributed by atoms with van der Waals surface area (Å²) in [5.74, 6) is -1.32. The monoisotopic (exact) mass is 292 g/mol. The van der Waals surface area contributed by atoms with Gasteiger partial charge in [0.2, 0.25) is 0 Å². The summed E-state index contributed by atoms with van der Waals surface area (Å²) < 4.78 is 26.4. The van der Waals surface area contributed by atoms with Crippen molar-refractivity contribution in [3.05, 3.63) is 69.3 Å². The molecule has 0 aromatic heterocycles. The molecule has 6 heteroatoms. The molecule has 0 bridgehead atoms. The van der Waals surface area contributed by atoms with E-state index in [1.807, 2.05) is 0 Å². The highest BCUT2D eigenvalue weighted by atomic mass is 19.1. The first-order valence-electron chi connectivity index (χ1n) is 6.34. The Bertz CT molecular complexity index is 669. The lowest BCUT2D eigenvalue weighted by Crippen LogP contribution is -2.08. The van der Waals surface area contributed by atoms with E-state index < -0.39 is 22.6 Å². The fraction of sp³-hybridized carbons (Fsp3) is 0.200. The summed E-state index contributed by atoms with van der Waals surface area (Å²) in [6.07, 6.45) is 0. The smallest absolute Gasteiger partial charge is 0.271 e. The third-order valence-electron chi connectivity index (χ3n) is 3.19. The quantitative estimate of drug-likeness (QED) is 0.673. The standard InChI is InChI=1S/C15H14F2N2O2/c1-9-3-4-14(19(20)21)8-15(9)18-10(2)11-5-12(16)7-13(17)6-11/h3-8,10,18H,1-2H3. The van der Waals surface area contributed by atoms with Gasteiger partial charge in [-0.1, -0.05) is 6.07 Å². The number of nitro groups is 1. The van der Waals surface area contributed by atoms with Crippen molar-refractivity contribution in [2.45, 2.75) is 19.9 Å². The van der Waals surface area contributed by atoms with Crippen LogP contribution in [-0.2, 0) is 0 Å². The molecule has 0 radical (unpaired) electrons. The van der Waals surface area contributed by atoms with Gasteiger partial charge in [0.05, 0.1) is 4.92 Å². The maximum absolute atomic E-state index is 13.2. The normalized spacial score (nSPS) is 12.0. The van der Waals surface area contributed by atoms with E-state index in [1.54, 1.807) is 19.9 Å². The molecule has 0 aliphatic heterocycles. The number of aryl methyl sites for hydroxylation is 1. The third-order valence-corrected chi connectivity index (χ3v) is 3.19. The van der Waals surface area contributed by atoms with Crippen LogP contribution in [0.1, 0.15) is 24.1 Å². The van der Waals surface area contributed by atoms with Gasteiger partial charge in [0, 0.05) is 29.9 Å². The average molecular weight is 292 g/mol. The molecule has 21 heavy (non-hydrogen) atoms. The van der Waals surface area contributed by atoms with Gasteiger partial charge in [-0.3, -0.25) is 10.1 Å². The molecule has 0 amide bonds. The Morgan fingerprint density at radius 2 is 1.76 bits per heavy atom. The minimum atomic E-state index is -0.658. The van der Waals surface area contributed by atoms with Crippen LogP contribution in [0.5, 0.6) is 0 Å². The van der Waals surface area contributed by atoms with Crippen molar-refractivity contribution in [2.24, 2.45) is 0 Å². The summed E-state index contributed by atoms with van der Waals surface area (Å²) >= 11 is 0. The molecule has 0 saturated heterocycles. The molecule has 2 aromatic rings. The first-order valence-corrected chi connectivity index (χ1v) is 6.34. The molecule has 0 aliphatic carbocycles. The zero-order valence-electron chi connectivity index (χ0n) is 11.6. The average Bonchev–Trinajstić information content (AvgIpc) is 2.39. The number of nitrogens with one attached hydrogen (secondary N) is 1. The number of nitrogens with zero attached hydrogens (tertiary/aromatic N) is 1. The number of benzene rings is 2. The Hall–Kier alpha value is -2.50. The molecular weight excluding hydrogens is 278 g/mol. The number of nitro benzene ring substituents is 1. The van der Waals surface area contributed by atoms with Crippen LogP contribution in [0.15, 0.2) is 36.4 Å². The van der Waals surface area contributed by atoms with Crippen LogP contribution in [0.3, 0.4) is 0 Å². The van der Waals surface area contributed by atoms with Crippen molar-refractivity contribution in [2.75, 3.05) is 5.32 Å². The summed E-state index contributed by atoms with van der Waals surface area (Å²) in [6, 6.07) is 7.31. The second-order valence-electron chi connectivity index (χ2n) is 4.83. The van der Waals surface area contributed by atoms with E-state index in [4.69, 9.17) is 0 Å². The fourth-order valence-electron chi connectivity index (χ4n) is 2.02. The van der Waals surface area contributed by atoms with Crippen LogP contribution >= 0.6 is 0 Å². The largest absolute Gasteiger partial charge is 0.378 e. The van der Waals surface area contributed by atoms with Gasteiger partial charge in [0.15, 0.2) is 0 Å². The first-order chi connectivity index (χ1) is 9.86. The van der Waals surface area contributed by atoms with Crippen molar-refractivity contribution < 1.29 is 13.7 Å². The maximum Gasteiger partial charge on any atom is 0.271 e. The van der Waals surface area contributed by atoms with Crippen LogP contribution in [-0.4, -0.2) is 4.92 Å². The van der Waals surface area contributed by atoms with Gasteiger partial charge in [-0.2, -0.15) is 0 Å². The molecule has 4 nitrogen and oxygen atoms in total. The highest BCUT2D eigenvalue weighted by Gasteiger charge is 2.13. The Labute approximate surface area is 120 Å². The molecule has 2 rings (SSSR count). The van der Waals surface area contributed by atoms with E-state index in [2.05, 4.69) is 5.32 Å². The second kappa shape index (κ2) is 5.87. The van der Waals surface area contributed by atoms with Crippen LogP contribution in [0, 0.1) is 28.7 Å². The van der Waals surface area contributed by atoms with Crippen LogP contribution in [0.25, 0.3) is 0 Å². The van der Waals surface area contributed by atoms with E-state index in [0.717, 1.165) is 11.6 Å². The van der Waals surface area contributed by atoms with Gasteiger partial charge < -0.3 is 5.32 Å². The fourth-order valence-corrected chi connectivity index (χ4v) is 2.02. The zero-order chi connectivity index (χ0) is 15.6. The summed E-state index contributed by atoms with van der Waals surface area (Å²) in [4.78, 5) is 10.3. The van der Waals surface area contributed by atoms with E-state index in [-0.39, 0.29) is 5.69 Å². The Balaban J connectivity index is 2.28. The highest BCUT2D eigenvalue weighted by Crippen LogP contribution is 2.26. The Morgan fingerprint density at radius 3 is 2.33 bits per heavy atom. The summed E-state index contributed by atoms with van der Waals surface area (Å²) in [5, 5.41) is 13.8. The van der Waals surface area contributed by atoms with Crippen molar-refractivity contribution in [1.29, 1.82) is 0 Å². The van der Waals surface area contributed by atoms with E-state index in [1.165, 1.54) is 24.3 Å². The third kappa shape index (κ3) is 3.53. The number of anilines is 1. The first kappa shape index (κ1) is 14.9. The molecule has 0 saturated carbocycles. The molecule has 110 valence electrons. The van der Waals surface area contributed by atoms with Gasteiger partial charge in [-0.05, 0) is 37.1 Å². The van der Waals surface area contributed by atoms with Gasteiger partial charge >= 0.3 is 0 Å². The van der Waals surface area contributed by atoms with Crippen molar-refractivity contribution in [1.82, 2.24) is 0 Å². The minimum absolute atomic E-state index is 0.0410. The van der Waals surface area contributed by atoms with Crippen molar-refractivity contribution >= 4 is 11.4 Å². The maximum atomic E-state index is 13.2. The molecule has 1 N–H and O–H groups in total. The lowest BCUT2D eigenvalue weighted by Gasteiger charge is -2.17. The molecule has 1 atom stereocenters. The van der Waals surface area contributed by atoms with Crippen LogP contribution in [0.4, 0.5) is 20.2 Å². The Morgan fingerprint density at radius 1 is 1.14 bits per heavy atom. The molecular formula is C15H14F2N2O2. The SMILES string of the molecule is Cc1ccc([N+](=O)[O-])cc1NC(C)c1cc(F)cc(F)c1. The van der Waals surface area contributed by atoms with Crippen LogP contribution in [0.2, 0.25) is 0 Å². The van der Waals surface area contributed by atoms with Crippen molar-refractivity contribution in [3.8, 4) is 0 Å². The number of hydrogen-bond donors (Lipinski definition) is 1. The second-order valence-corrected chi connectivity index (χ2v) is 4.83. The predicted molar refractivity (Wildman–Crippen MR) is 76.2 cm³/mol. The number of halogens is 2. The van der Waals surface area contributed by atoms with E-state index >= 15 is 0 Å². The van der Waals surface area contributed by atoms with Crippen molar-refractivity contribution in [3.63, 3.8) is 0 Å². The highest BCUT2D eigenvalue weighted by molar-refractivity contribution is 5.57. The Kier molecular flexibility index (Phi) is 4.16. The number of hydrogen-bond acceptors (Lipinski definition) is 3. The molecule has 0 fully saturated rings. The minimum Gasteiger partial charge on any atom is -0.378 e. The topological polar surface area (TPSA) is 55.2 Å². The molecule has 1 unspecified atom stereocenters. The zero-order valence-corrected chi connectivity index (χ0v) is 11.6. The van der Waals surface area contributed by atoms with Gasteiger partial charge in [-0.15, -0.1) is 0 Å². The van der Waals surface area contributed by atoms with E-state index in [0.29, 0.717) is 11.3 Å². The number of rotatable bonds is 4. The van der Waals surface area contributed by atoms with Gasteiger partial charge in [0.1, 0.15) is 11.6 Å². The number of non-ortho nitro benzene ring substituents is 1. The lowest BCUT2D eigenvalue weighted by molar-refractivity contribution is -0.384. The summed E-state index contributed by atoms with van der Waals surface area (Å²) in [7, 11) is 0. The molecule has 0 spiro atoms. The van der Waals surface area contributed by atoms with E-state index in [9.17, 15) is 18.9 Å². The lowest BCUT2D eigenvalue weighted by atomic mass is 10.1. The van der Waals surface area contributed by atoms with Crippen LogP contribution < -0.4 is 5.32 Å². The predicted octanol–water partition coefficient (Wildman–Crippen LogP) is 4.35. The summed E-state index contributed by atoms with van der Waals surface area (Å²) in [5.41, 5.74) is 1.75. The molecule has 0 heterocycles. The molecule has 2 aromatic carbocycles. The summed E-state index contributed by atoms with van der Waals surface area (Å²) in [6.45, 7) is 3.53. The molecule has 0 aliphatic rings.